The van der Waals surface area contributed by atoms with Gasteiger partial charge in [0.05, 0.1) is 6.20 Å². The summed E-state index contributed by atoms with van der Waals surface area (Å²) in [7, 11) is 1.94. The summed E-state index contributed by atoms with van der Waals surface area (Å²) in [5.41, 5.74) is 6.80. The van der Waals surface area contributed by atoms with E-state index in [9.17, 15) is 0 Å². The van der Waals surface area contributed by atoms with E-state index in [2.05, 4.69) is 47.9 Å². The Bertz CT molecular complexity index is 518. The lowest BCUT2D eigenvalue weighted by Crippen LogP contribution is -2.37. The number of aromatic nitrogens is 2. The Morgan fingerprint density at radius 2 is 2.21 bits per heavy atom. The van der Waals surface area contributed by atoms with E-state index in [-0.39, 0.29) is 0 Å². The van der Waals surface area contributed by atoms with Crippen LogP contribution in [0.25, 0.3) is 0 Å². The van der Waals surface area contributed by atoms with Gasteiger partial charge in [0.1, 0.15) is 0 Å². The molecule has 1 aromatic heterocycles. The monoisotopic (exact) mass is 258 g/mol. The molecule has 0 saturated heterocycles. The van der Waals surface area contributed by atoms with Crippen molar-refractivity contribution in [3.63, 3.8) is 0 Å². The zero-order chi connectivity index (χ0) is 13.7. The molecular formula is C15H22N4. The third kappa shape index (κ3) is 4.19. The SMILES string of the molecule is Cc1cccc(CC(CCc2cnn(C)c2)NN)c1. The number of hydrogen-bond donors (Lipinski definition) is 2. The van der Waals surface area contributed by atoms with Gasteiger partial charge in [-0.3, -0.25) is 16.0 Å². The number of nitrogens with one attached hydrogen (secondary N) is 1. The van der Waals surface area contributed by atoms with Gasteiger partial charge in [-0.2, -0.15) is 5.10 Å². The highest BCUT2D eigenvalue weighted by Crippen LogP contribution is 2.10. The van der Waals surface area contributed by atoms with Crippen molar-refractivity contribution < 1.29 is 0 Å². The molecule has 1 atom stereocenters. The van der Waals surface area contributed by atoms with E-state index in [1.807, 2.05) is 17.9 Å². The van der Waals surface area contributed by atoms with Crippen LogP contribution in [-0.4, -0.2) is 15.8 Å². The van der Waals surface area contributed by atoms with Gasteiger partial charge in [0, 0.05) is 19.3 Å². The Hall–Kier alpha value is -1.65. The maximum absolute atomic E-state index is 5.66. The highest BCUT2D eigenvalue weighted by atomic mass is 15.2. The van der Waals surface area contributed by atoms with Crippen LogP contribution in [0.4, 0.5) is 0 Å². The molecule has 4 nitrogen and oxygen atoms in total. The van der Waals surface area contributed by atoms with Crippen molar-refractivity contribution in [2.75, 3.05) is 0 Å². The number of nitrogens with zero attached hydrogens (tertiary/aromatic N) is 2. The molecule has 0 fully saturated rings. The minimum Gasteiger partial charge on any atom is -0.276 e. The molecule has 3 N–H and O–H groups in total. The van der Waals surface area contributed by atoms with Crippen LogP contribution in [0.1, 0.15) is 23.1 Å². The van der Waals surface area contributed by atoms with E-state index >= 15 is 0 Å². The second-order valence-corrected chi connectivity index (χ2v) is 5.12. The molecule has 2 rings (SSSR count). The molecule has 1 unspecified atom stereocenters. The van der Waals surface area contributed by atoms with Crippen molar-refractivity contribution in [2.24, 2.45) is 12.9 Å². The number of benzene rings is 1. The first-order valence-corrected chi connectivity index (χ1v) is 6.66. The van der Waals surface area contributed by atoms with E-state index in [0.717, 1.165) is 19.3 Å². The molecule has 1 aromatic carbocycles. The van der Waals surface area contributed by atoms with Gasteiger partial charge in [0.25, 0.3) is 0 Å². The molecular weight excluding hydrogens is 236 g/mol. The molecule has 0 spiro atoms. The fraction of sp³-hybridized carbons (Fsp3) is 0.400. The fourth-order valence-corrected chi connectivity index (χ4v) is 2.31. The first kappa shape index (κ1) is 13.8. The van der Waals surface area contributed by atoms with Crippen LogP contribution in [0.15, 0.2) is 36.7 Å². The Morgan fingerprint density at radius 1 is 1.37 bits per heavy atom. The molecule has 102 valence electrons. The molecule has 0 saturated carbocycles. The highest BCUT2D eigenvalue weighted by molar-refractivity contribution is 5.23. The Kier molecular flexibility index (Phi) is 4.71. The number of nitrogens with two attached hydrogens (primary N) is 1. The van der Waals surface area contributed by atoms with Crippen molar-refractivity contribution in [3.8, 4) is 0 Å². The summed E-state index contributed by atoms with van der Waals surface area (Å²) in [5, 5.41) is 4.18. The predicted octanol–water partition coefficient (Wildman–Crippen LogP) is 1.74. The van der Waals surface area contributed by atoms with Crippen molar-refractivity contribution in [3.05, 3.63) is 53.3 Å². The smallest absolute Gasteiger partial charge is 0.0521 e. The van der Waals surface area contributed by atoms with E-state index in [4.69, 9.17) is 5.84 Å². The first-order chi connectivity index (χ1) is 9.17. The Labute approximate surface area is 114 Å². The van der Waals surface area contributed by atoms with Gasteiger partial charge in [0.15, 0.2) is 0 Å². The minimum absolute atomic E-state index is 0.294. The van der Waals surface area contributed by atoms with Gasteiger partial charge < -0.3 is 0 Å². The number of rotatable bonds is 6. The summed E-state index contributed by atoms with van der Waals surface area (Å²) in [5.74, 6) is 5.66. The largest absolute Gasteiger partial charge is 0.276 e. The summed E-state index contributed by atoms with van der Waals surface area (Å²) < 4.78 is 1.83. The molecule has 1 heterocycles. The third-order valence-corrected chi connectivity index (χ3v) is 3.34. The summed E-state index contributed by atoms with van der Waals surface area (Å²) in [6.45, 7) is 2.12. The van der Waals surface area contributed by atoms with Gasteiger partial charge in [-0.25, -0.2) is 0 Å². The van der Waals surface area contributed by atoms with Crippen LogP contribution in [0, 0.1) is 6.92 Å². The lowest BCUT2D eigenvalue weighted by molar-refractivity contribution is 0.491. The van der Waals surface area contributed by atoms with Gasteiger partial charge in [-0.15, -0.1) is 0 Å². The van der Waals surface area contributed by atoms with Crippen molar-refractivity contribution in [1.29, 1.82) is 0 Å². The van der Waals surface area contributed by atoms with Crippen LogP contribution in [0.2, 0.25) is 0 Å². The van der Waals surface area contributed by atoms with Gasteiger partial charge in [0.2, 0.25) is 0 Å². The third-order valence-electron chi connectivity index (χ3n) is 3.34. The summed E-state index contributed by atoms with van der Waals surface area (Å²) in [6.07, 6.45) is 6.93. The lowest BCUT2D eigenvalue weighted by atomic mass is 9.99. The average molecular weight is 258 g/mol. The summed E-state index contributed by atoms with van der Waals surface area (Å²) in [4.78, 5) is 0. The second-order valence-electron chi connectivity index (χ2n) is 5.12. The number of hydrogen-bond acceptors (Lipinski definition) is 3. The molecule has 2 aromatic rings. The Morgan fingerprint density at radius 3 is 2.84 bits per heavy atom. The summed E-state index contributed by atoms with van der Waals surface area (Å²) in [6, 6.07) is 8.88. The molecule has 4 heteroatoms. The maximum Gasteiger partial charge on any atom is 0.0521 e. The van der Waals surface area contributed by atoms with Crippen molar-refractivity contribution >= 4 is 0 Å². The van der Waals surface area contributed by atoms with E-state index in [1.54, 1.807) is 0 Å². The Balaban J connectivity index is 1.89. The number of aryl methyl sites for hydroxylation is 3. The molecule has 0 aliphatic carbocycles. The highest BCUT2D eigenvalue weighted by Gasteiger charge is 2.09. The quantitative estimate of drug-likeness (QED) is 0.613. The molecule has 0 bridgehead atoms. The van der Waals surface area contributed by atoms with Crippen molar-refractivity contribution in [1.82, 2.24) is 15.2 Å². The van der Waals surface area contributed by atoms with Gasteiger partial charge >= 0.3 is 0 Å². The first-order valence-electron chi connectivity index (χ1n) is 6.66. The molecule has 0 aliphatic heterocycles. The average Bonchev–Trinajstić information content (AvgIpc) is 2.80. The van der Waals surface area contributed by atoms with E-state index < -0.39 is 0 Å². The normalized spacial score (nSPS) is 12.6. The predicted molar refractivity (Wildman–Crippen MR) is 77.5 cm³/mol. The standard InChI is InChI=1S/C15H22N4/c1-12-4-3-5-13(8-12)9-15(18-16)7-6-14-10-17-19(2)11-14/h3-5,8,10-11,15,18H,6-7,9,16H2,1-2H3. The van der Waals surface area contributed by atoms with Gasteiger partial charge in [-0.1, -0.05) is 29.8 Å². The molecule has 19 heavy (non-hydrogen) atoms. The van der Waals surface area contributed by atoms with Gasteiger partial charge in [-0.05, 0) is 37.3 Å². The van der Waals surface area contributed by atoms with Crippen LogP contribution in [0.3, 0.4) is 0 Å². The summed E-state index contributed by atoms with van der Waals surface area (Å²) >= 11 is 0. The topological polar surface area (TPSA) is 55.9 Å². The molecule has 0 radical (unpaired) electrons. The van der Waals surface area contributed by atoms with Crippen LogP contribution < -0.4 is 11.3 Å². The maximum atomic E-state index is 5.66. The van der Waals surface area contributed by atoms with E-state index in [1.165, 1.54) is 16.7 Å². The zero-order valence-electron chi connectivity index (χ0n) is 11.6. The fourth-order valence-electron chi connectivity index (χ4n) is 2.31. The van der Waals surface area contributed by atoms with Crippen LogP contribution in [0.5, 0.6) is 0 Å². The van der Waals surface area contributed by atoms with Crippen molar-refractivity contribution in [2.45, 2.75) is 32.2 Å². The zero-order valence-corrected chi connectivity index (χ0v) is 11.6. The number of hydrazine groups is 1. The van der Waals surface area contributed by atoms with Crippen LogP contribution >= 0.6 is 0 Å². The molecule has 0 aliphatic rings. The van der Waals surface area contributed by atoms with Crippen LogP contribution in [-0.2, 0) is 19.9 Å². The second kappa shape index (κ2) is 6.50. The van der Waals surface area contributed by atoms with E-state index in [0.29, 0.717) is 6.04 Å². The molecule has 0 amide bonds. The lowest BCUT2D eigenvalue weighted by Gasteiger charge is -2.15. The minimum atomic E-state index is 0.294.